The molecule has 0 saturated heterocycles. The van der Waals surface area contributed by atoms with Crippen LogP contribution >= 0.6 is 15.9 Å². The highest BCUT2D eigenvalue weighted by atomic mass is 79.9. The van der Waals surface area contributed by atoms with Crippen LogP contribution in [-0.2, 0) is 12.8 Å². The molecule has 0 heterocycles. The largest absolute Gasteiger partial charge is 0.496 e. The Balaban J connectivity index is 2.29. The molecular weight excluding hydrogens is 316 g/mol. The van der Waals surface area contributed by atoms with E-state index in [1.807, 2.05) is 6.07 Å². The minimum atomic E-state index is 0.784. The van der Waals surface area contributed by atoms with Gasteiger partial charge in [0.2, 0.25) is 0 Å². The summed E-state index contributed by atoms with van der Waals surface area (Å²) in [5.41, 5.74) is 3.78. The van der Waals surface area contributed by atoms with E-state index in [2.05, 4.69) is 53.2 Å². The molecule has 0 N–H and O–H groups in total. The van der Waals surface area contributed by atoms with Gasteiger partial charge in [-0.2, -0.15) is 0 Å². The van der Waals surface area contributed by atoms with E-state index in [4.69, 9.17) is 9.47 Å². The Morgan fingerprint density at radius 1 is 0.900 bits per heavy atom. The van der Waals surface area contributed by atoms with Gasteiger partial charge in [-0.15, -0.1) is 0 Å². The molecule has 0 bridgehead atoms. The first-order chi connectivity index (χ1) is 9.67. The van der Waals surface area contributed by atoms with Crippen molar-refractivity contribution in [3.63, 3.8) is 0 Å². The zero-order valence-corrected chi connectivity index (χ0v) is 13.7. The van der Waals surface area contributed by atoms with E-state index in [9.17, 15) is 0 Å². The second-order valence-electron chi connectivity index (χ2n) is 4.65. The molecule has 0 saturated carbocycles. The van der Waals surface area contributed by atoms with Crippen molar-refractivity contribution < 1.29 is 9.47 Å². The van der Waals surface area contributed by atoms with Gasteiger partial charge in [0.15, 0.2) is 0 Å². The van der Waals surface area contributed by atoms with E-state index in [0.717, 1.165) is 34.4 Å². The maximum absolute atomic E-state index is 5.46. The summed E-state index contributed by atoms with van der Waals surface area (Å²) in [6.07, 6.45) is 1.91. The number of rotatable bonds is 5. The second kappa shape index (κ2) is 6.80. The minimum Gasteiger partial charge on any atom is -0.496 e. The molecule has 0 fully saturated rings. The van der Waals surface area contributed by atoms with E-state index in [1.54, 1.807) is 14.2 Å². The van der Waals surface area contributed by atoms with Gasteiger partial charge in [-0.25, -0.2) is 0 Å². The number of halogens is 1. The van der Waals surface area contributed by atoms with Crippen LogP contribution in [0.3, 0.4) is 0 Å². The highest BCUT2D eigenvalue weighted by Gasteiger charge is 2.10. The third-order valence-electron chi connectivity index (χ3n) is 3.38. The molecule has 106 valence electrons. The van der Waals surface area contributed by atoms with Gasteiger partial charge in [0.05, 0.1) is 18.7 Å². The van der Waals surface area contributed by atoms with E-state index in [-0.39, 0.29) is 0 Å². The second-order valence-corrected chi connectivity index (χ2v) is 5.50. The number of aryl methyl sites for hydroxylation is 1. The van der Waals surface area contributed by atoms with Gasteiger partial charge in [0.25, 0.3) is 0 Å². The standard InChI is InChI=1S/C17H19BrO2/c1-4-12-5-7-13(8-6-12)9-14-10-15(18)17(20-3)11-16(14)19-2/h5-8,10-11H,4,9H2,1-3H3. The van der Waals surface area contributed by atoms with Crippen LogP contribution in [0, 0.1) is 0 Å². The topological polar surface area (TPSA) is 18.5 Å². The zero-order chi connectivity index (χ0) is 14.5. The summed E-state index contributed by atoms with van der Waals surface area (Å²) in [6.45, 7) is 2.17. The summed E-state index contributed by atoms with van der Waals surface area (Å²) in [5.74, 6) is 1.64. The monoisotopic (exact) mass is 334 g/mol. The van der Waals surface area contributed by atoms with Crippen LogP contribution in [0.2, 0.25) is 0 Å². The lowest BCUT2D eigenvalue weighted by molar-refractivity contribution is 0.390. The Labute approximate surface area is 128 Å². The summed E-state index contributed by atoms with van der Waals surface area (Å²) in [4.78, 5) is 0. The normalized spacial score (nSPS) is 10.4. The highest BCUT2D eigenvalue weighted by Crippen LogP contribution is 2.33. The van der Waals surface area contributed by atoms with E-state index >= 15 is 0 Å². The SMILES string of the molecule is CCc1ccc(Cc2cc(Br)c(OC)cc2OC)cc1. The highest BCUT2D eigenvalue weighted by molar-refractivity contribution is 9.10. The Hall–Kier alpha value is -1.48. The van der Waals surface area contributed by atoms with Crippen molar-refractivity contribution in [3.8, 4) is 11.5 Å². The maximum atomic E-state index is 5.46. The van der Waals surface area contributed by atoms with Gasteiger partial charge in [-0.1, -0.05) is 31.2 Å². The lowest BCUT2D eigenvalue weighted by Gasteiger charge is -2.12. The summed E-state index contributed by atoms with van der Waals surface area (Å²) in [7, 11) is 3.34. The van der Waals surface area contributed by atoms with Crippen LogP contribution in [0.4, 0.5) is 0 Å². The first kappa shape index (κ1) is 14.9. The van der Waals surface area contributed by atoms with E-state index < -0.39 is 0 Å². The molecule has 2 rings (SSSR count). The van der Waals surface area contributed by atoms with Crippen molar-refractivity contribution >= 4 is 15.9 Å². The van der Waals surface area contributed by atoms with Gasteiger partial charge < -0.3 is 9.47 Å². The zero-order valence-electron chi connectivity index (χ0n) is 12.1. The van der Waals surface area contributed by atoms with Gasteiger partial charge in [0, 0.05) is 12.5 Å². The van der Waals surface area contributed by atoms with Crippen molar-refractivity contribution in [2.45, 2.75) is 19.8 Å². The quantitative estimate of drug-likeness (QED) is 0.794. The van der Waals surface area contributed by atoms with Gasteiger partial charge in [0.1, 0.15) is 11.5 Å². The number of ether oxygens (including phenoxy) is 2. The molecule has 0 aliphatic rings. The summed E-state index contributed by atoms with van der Waals surface area (Å²) in [6, 6.07) is 12.7. The molecule has 0 aliphatic carbocycles. The lowest BCUT2D eigenvalue weighted by atomic mass is 10.0. The molecule has 0 radical (unpaired) electrons. The molecule has 0 aliphatic heterocycles. The third-order valence-corrected chi connectivity index (χ3v) is 4.00. The predicted molar refractivity (Wildman–Crippen MR) is 85.9 cm³/mol. The van der Waals surface area contributed by atoms with Crippen molar-refractivity contribution in [2.75, 3.05) is 14.2 Å². The van der Waals surface area contributed by atoms with E-state index in [0.29, 0.717) is 0 Å². The van der Waals surface area contributed by atoms with Crippen LogP contribution in [0.1, 0.15) is 23.6 Å². The molecular formula is C17H19BrO2. The number of hydrogen-bond acceptors (Lipinski definition) is 2. The van der Waals surface area contributed by atoms with Crippen molar-refractivity contribution in [3.05, 3.63) is 57.6 Å². The summed E-state index contributed by atoms with van der Waals surface area (Å²) >= 11 is 3.53. The Morgan fingerprint density at radius 3 is 2.05 bits per heavy atom. The minimum absolute atomic E-state index is 0.784. The fraction of sp³-hybridized carbons (Fsp3) is 0.294. The van der Waals surface area contributed by atoms with Crippen molar-refractivity contribution in [2.24, 2.45) is 0 Å². The number of methoxy groups -OCH3 is 2. The Morgan fingerprint density at radius 2 is 1.50 bits per heavy atom. The Kier molecular flexibility index (Phi) is 5.07. The lowest BCUT2D eigenvalue weighted by Crippen LogP contribution is -1.96. The third kappa shape index (κ3) is 3.34. The molecule has 2 nitrogen and oxygen atoms in total. The van der Waals surface area contributed by atoms with Crippen LogP contribution in [0.5, 0.6) is 11.5 Å². The fourth-order valence-corrected chi connectivity index (χ4v) is 2.73. The summed E-state index contributed by atoms with van der Waals surface area (Å²) < 4.78 is 11.7. The summed E-state index contributed by atoms with van der Waals surface area (Å²) in [5, 5.41) is 0. The van der Waals surface area contributed by atoms with Crippen LogP contribution in [0.25, 0.3) is 0 Å². The van der Waals surface area contributed by atoms with Crippen molar-refractivity contribution in [1.82, 2.24) is 0 Å². The fourth-order valence-electron chi connectivity index (χ4n) is 2.17. The average molecular weight is 335 g/mol. The number of benzene rings is 2. The molecule has 0 aromatic heterocycles. The Bertz CT molecular complexity index is 576. The molecule has 0 unspecified atom stereocenters. The van der Waals surface area contributed by atoms with Crippen LogP contribution < -0.4 is 9.47 Å². The number of hydrogen-bond donors (Lipinski definition) is 0. The first-order valence-corrected chi connectivity index (χ1v) is 7.45. The molecule has 3 heteroatoms. The van der Waals surface area contributed by atoms with E-state index in [1.165, 1.54) is 11.1 Å². The van der Waals surface area contributed by atoms with Crippen LogP contribution in [-0.4, -0.2) is 14.2 Å². The molecule has 20 heavy (non-hydrogen) atoms. The van der Waals surface area contributed by atoms with Gasteiger partial charge in [-0.3, -0.25) is 0 Å². The predicted octanol–water partition coefficient (Wildman–Crippen LogP) is 4.62. The van der Waals surface area contributed by atoms with Gasteiger partial charge in [-0.05, 0) is 45.1 Å². The molecule has 2 aromatic carbocycles. The average Bonchev–Trinajstić information content (AvgIpc) is 2.48. The van der Waals surface area contributed by atoms with Crippen molar-refractivity contribution in [1.29, 1.82) is 0 Å². The molecule has 0 amide bonds. The molecule has 0 atom stereocenters. The van der Waals surface area contributed by atoms with Crippen LogP contribution in [0.15, 0.2) is 40.9 Å². The molecule has 0 spiro atoms. The maximum Gasteiger partial charge on any atom is 0.136 e. The molecule has 2 aromatic rings. The first-order valence-electron chi connectivity index (χ1n) is 6.66. The smallest absolute Gasteiger partial charge is 0.136 e. The van der Waals surface area contributed by atoms with Gasteiger partial charge >= 0.3 is 0 Å².